The molecule has 0 rings (SSSR count). The Kier molecular flexibility index (Phi) is 5.68. The van der Waals surface area contributed by atoms with Gasteiger partial charge in [-0.3, -0.25) is 0 Å². The van der Waals surface area contributed by atoms with Gasteiger partial charge in [-0.25, -0.2) is 0 Å². The highest BCUT2D eigenvalue weighted by Crippen LogP contribution is 2.37. The number of rotatable bonds is 6. The van der Waals surface area contributed by atoms with Crippen LogP contribution in [0.3, 0.4) is 0 Å². The smallest absolute Gasteiger partial charge is 0.0592 e. The number of aliphatic hydroxyl groups excluding tert-OH is 2. The van der Waals surface area contributed by atoms with Crippen molar-refractivity contribution in [2.24, 2.45) is 17.3 Å². The molecule has 0 radical (unpaired) electrons. The maximum absolute atomic E-state index is 9.79. The Morgan fingerprint density at radius 3 is 1.79 bits per heavy atom. The Morgan fingerprint density at radius 2 is 1.57 bits per heavy atom. The van der Waals surface area contributed by atoms with Gasteiger partial charge in [0.05, 0.1) is 12.7 Å². The molecule has 2 unspecified atom stereocenters. The zero-order chi connectivity index (χ0) is 11.4. The molecule has 0 saturated carbocycles. The van der Waals surface area contributed by atoms with Gasteiger partial charge in [0, 0.05) is 5.41 Å². The molecule has 0 aromatic heterocycles. The molecule has 0 aromatic carbocycles. The minimum atomic E-state index is -0.439. The second kappa shape index (κ2) is 5.72. The van der Waals surface area contributed by atoms with E-state index >= 15 is 0 Å². The topological polar surface area (TPSA) is 40.5 Å². The van der Waals surface area contributed by atoms with Crippen LogP contribution in [-0.4, -0.2) is 22.9 Å². The summed E-state index contributed by atoms with van der Waals surface area (Å²) in [5, 5.41) is 19.3. The average Bonchev–Trinajstić information content (AvgIpc) is 2.04. The van der Waals surface area contributed by atoms with Crippen molar-refractivity contribution in [1.29, 1.82) is 0 Å². The summed E-state index contributed by atoms with van der Waals surface area (Å²) in [5.41, 5.74) is -0.315. The van der Waals surface area contributed by atoms with Crippen LogP contribution >= 0.6 is 0 Å². The fourth-order valence-corrected chi connectivity index (χ4v) is 1.93. The molecule has 0 spiro atoms. The van der Waals surface area contributed by atoms with Crippen LogP contribution < -0.4 is 0 Å². The van der Waals surface area contributed by atoms with E-state index in [1.807, 2.05) is 0 Å². The number of aliphatic hydroxyl groups is 2. The van der Waals surface area contributed by atoms with Crippen molar-refractivity contribution in [2.45, 2.75) is 53.6 Å². The van der Waals surface area contributed by atoms with Crippen molar-refractivity contribution in [3.05, 3.63) is 0 Å². The summed E-state index contributed by atoms with van der Waals surface area (Å²) in [6.07, 6.45) is 1.52. The maximum atomic E-state index is 9.79. The summed E-state index contributed by atoms with van der Waals surface area (Å²) in [4.78, 5) is 0. The molecule has 0 heterocycles. The lowest BCUT2D eigenvalue weighted by Gasteiger charge is -2.39. The van der Waals surface area contributed by atoms with E-state index in [9.17, 15) is 10.2 Å². The molecule has 0 saturated heterocycles. The first-order valence-electron chi connectivity index (χ1n) is 5.65. The van der Waals surface area contributed by atoms with Gasteiger partial charge < -0.3 is 10.2 Å². The van der Waals surface area contributed by atoms with Gasteiger partial charge in [-0.15, -0.1) is 0 Å². The number of hydrogen-bond acceptors (Lipinski definition) is 2. The van der Waals surface area contributed by atoms with Crippen LogP contribution in [0, 0.1) is 17.3 Å². The first-order chi connectivity index (χ1) is 6.36. The molecule has 0 fully saturated rings. The minimum Gasteiger partial charge on any atom is -0.396 e. The zero-order valence-corrected chi connectivity index (χ0v) is 10.2. The molecule has 0 aromatic rings. The van der Waals surface area contributed by atoms with Crippen molar-refractivity contribution < 1.29 is 10.2 Å². The van der Waals surface area contributed by atoms with Crippen molar-refractivity contribution in [3.63, 3.8) is 0 Å². The summed E-state index contributed by atoms with van der Waals surface area (Å²) in [6, 6.07) is 0. The Balaban J connectivity index is 4.51. The first-order valence-corrected chi connectivity index (χ1v) is 5.65. The van der Waals surface area contributed by atoms with Gasteiger partial charge in [0.2, 0.25) is 0 Å². The fraction of sp³-hybridized carbons (Fsp3) is 1.00. The third-order valence-electron chi connectivity index (χ3n) is 3.46. The van der Waals surface area contributed by atoms with Gasteiger partial charge >= 0.3 is 0 Å². The largest absolute Gasteiger partial charge is 0.396 e. The predicted octanol–water partition coefficient (Wildman–Crippen LogP) is 2.44. The van der Waals surface area contributed by atoms with E-state index in [1.54, 1.807) is 6.92 Å². The normalized spacial score (nSPS) is 18.6. The van der Waals surface area contributed by atoms with Crippen LogP contribution in [0.25, 0.3) is 0 Å². The first kappa shape index (κ1) is 13.9. The van der Waals surface area contributed by atoms with Crippen molar-refractivity contribution in [2.75, 3.05) is 6.61 Å². The van der Waals surface area contributed by atoms with Gasteiger partial charge in [-0.1, -0.05) is 34.1 Å². The fourth-order valence-electron chi connectivity index (χ4n) is 1.93. The monoisotopic (exact) mass is 202 g/mol. The van der Waals surface area contributed by atoms with Crippen LogP contribution in [0.4, 0.5) is 0 Å². The summed E-state index contributed by atoms with van der Waals surface area (Å²) < 4.78 is 0. The van der Waals surface area contributed by atoms with Gasteiger partial charge in [-0.05, 0) is 25.2 Å². The third kappa shape index (κ3) is 3.25. The average molecular weight is 202 g/mol. The molecule has 2 N–H and O–H groups in total. The summed E-state index contributed by atoms with van der Waals surface area (Å²) in [5.74, 6) is 0.935. The van der Waals surface area contributed by atoms with E-state index in [0.29, 0.717) is 11.8 Å². The van der Waals surface area contributed by atoms with Crippen molar-refractivity contribution >= 4 is 0 Å². The maximum Gasteiger partial charge on any atom is 0.0592 e. The second-order valence-corrected chi connectivity index (χ2v) is 5.15. The van der Waals surface area contributed by atoms with Crippen LogP contribution in [-0.2, 0) is 0 Å². The molecule has 2 nitrogen and oxygen atoms in total. The molecule has 86 valence electrons. The molecule has 0 aliphatic carbocycles. The van der Waals surface area contributed by atoms with E-state index in [-0.39, 0.29) is 12.0 Å². The lowest BCUT2D eigenvalue weighted by molar-refractivity contribution is -0.0488. The lowest BCUT2D eigenvalue weighted by Crippen LogP contribution is -2.41. The SMILES string of the molecule is CC(C)CCC(CO)(C(C)C)C(C)O. The van der Waals surface area contributed by atoms with E-state index < -0.39 is 6.10 Å². The third-order valence-corrected chi connectivity index (χ3v) is 3.46. The highest BCUT2D eigenvalue weighted by molar-refractivity contribution is 4.86. The molecule has 2 atom stereocenters. The molecule has 14 heavy (non-hydrogen) atoms. The van der Waals surface area contributed by atoms with E-state index in [1.165, 1.54) is 0 Å². The van der Waals surface area contributed by atoms with Crippen LogP contribution in [0.1, 0.15) is 47.5 Å². The Bertz CT molecular complexity index is 142. The molecular weight excluding hydrogens is 176 g/mol. The summed E-state index contributed by atoms with van der Waals surface area (Å²) in [6.45, 7) is 10.4. The molecule has 2 heteroatoms. The Hall–Kier alpha value is -0.0800. The quantitative estimate of drug-likeness (QED) is 0.694. The predicted molar refractivity (Wildman–Crippen MR) is 60.1 cm³/mol. The standard InChI is InChI=1S/C12H26O2/c1-9(2)6-7-12(8-13,10(3)4)11(5)14/h9-11,13-14H,6-8H2,1-5H3. The molecular formula is C12H26O2. The van der Waals surface area contributed by atoms with Crippen LogP contribution in [0.15, 0.2) is 0 Å². The second-order valence-electron chi connectivity index (χ2n) is 5.15. The molecule has 0 aliphatic heterocycles. The van der Waals surface area contributed by atoms with Gasteiger partial charge in [0.1, 0.15) is 0 Å². The van der Waals surface area contributed by atoms with E-state index in [4.69, 9.17) is 0 Å². The van der Waals surface area contributed by atoms with Crippen molar-refractivity contribution in [3.8, 4) is 0 Å². The highest BCUT2D eigenvalue weighted by atomic mass is 16.3. The molecule has 0 bridgehead atoms. The van der Waals surface area contributed by atoms with E-state index in [2.05, 4.69) is 27.7 Å². The summed E-state index contributed by atoms with van der Waals surface area (Å²) >= 11 is 0. The number of hydrogen-bond donors (Lipinski definition) is 2. The minimum absolute atomic E-state index is 0.0784. The van der Waals surface area contributed by atoms with Gasteiger partial charge in [0.25, 0.3) is 0 Å². The van der Waals surface area contributed by atoms with Crippen LogP contribution in [0.2, 0.25) is 0 Å². The van der Waals surface area contributed by atoms with Crippen molar-refractivity contribution in [1.82, 2.24) is 0 Å². The van der Waals surface area contributed by atoms with E-state index in [0.717, 1.165) is 12.8 Å². The summed E-state index contributed by atoms with van der Waals surface area (Å²) in [7, 11) is 0. The van der Waals surface area contributed by atoms with Gasteiger partial charge in [-0.2, -0.15) is 0 Å². The lowest BCUT2D eigenvalue weighted by atomic mass is 9.70. The highest BCUT2D eigenvalue weighted by Gasteiger charge is 2.37. The molecule has 0 amide bonds. The van der Waals surface area contributed by atoms with Crippen LogP contribution in [0.5, 0.6) is 0 Å². The Labute approximate surface area is 88.3 Å². The Morgan fingerprint density at radius 1 is 1.07 bits per heavy atom. The zero-order valence-electron chi connectivity index (χ0n) is 10.2. The molecule has 0 aliphatic rings. The van der Waals surface area contributed by atoms with Gasteiger partial charge in [0.15, 0.2) is 0 Å².